The Balaban J connectivity index is 2.51. The monoisotopic (exact) mass is 355 g/mol. The molecule has 0 saturated heterocycles. The lowest BCUT2D eigenvalue weighted by molar-refractivity contribution is 0.376. The lowest BCUT2D eigenvalue weighted by Gasteiger charge is -2.17. The molecular formula is C20H21NO5. The first-order chi connectivity index (χ1) is 12.3. The Kier molecular flexibility index (Phi) is 4.28. The molecule has 0 fully saturated rings. The first kappa shape index (κ1) is 17.7. The third-order valence-electron chi connectivity index (χ3n) is 4.56. The summed E-state index contributed by atoms with van der Waals surface area (Å²) in [6.45, 7) is 3.83. The summed E-state index contributed by atoms with van der Waals surface area (Å²) in [4.78, 5) is 13.0. The van der Waals surface area contributed by atoms with Gasteiger partial charge in [-0.05, 0) is 32.4 Å². The standard InChI is InChI=1S/C20H21NO5/c1-10(2)5-6-11-15(23)9-13-16(18(11)24)19(25)12-7-8-14(22)20(26-4)17(12)21(13)3/h5,7-9,22-24H,6H2,1-4H3. The molecule has 3 N–H and O–H groups in total. The number of benzene rings is 2. The van der Waals surface area contributed by atoms with Crippen LogP contribution in [0, 0.1) is 0 Å². The fraction of sp³-hybridized carbons (Fsp3) is 0.250. The second kappa shape index (κ2) is 6.29. The Bertz CT molecular complexity index is 1120. The van der Waals surface area contributed by atoms with E-state index in [-0.39, 0.29) is 33.8 Å². The molecule has 26 heavy (non-hydrogen) atoms. The van der Waals surface area contributed by atoms with E-state index in [4.69, 9.17) is 4.74 Å². The Hall–Kier alpha value is -3.15. The van der Waals surface area contributed by atoms with Gasteiger partial charge in [0.15, 0.2) is 11.5 Å². The molecule has 0 aliphatic heterocycles. The number of aromatic nitrogens is 1. The summed E-state index contributed by atoms with van der Waals surface area (Å²) < 4.78 is 6.87. The number of hydrogen-bond donors (Lipinski definition) is 3. The van der Waals surface area contributed by atoms with E-state index < -0.39 is 0 Å². The maximum absolute atomic E-state index is 13.0. The van der Waals surface area contributed by atoms with E-state index >= 15 is 0 Å². The van der Waals surface area contributed by atoms with Crippen LogP contribution in [0.1, 0.15) is 19.4 Å². The molecule has 6 nitrogen and oxygen atoms in total. The highest BCUT2D eigenvalue weighted by molar-refractivity contribution is 6.00. The van der Waals surface area contributed by atoms with E-state index in [1.807, 2.05) is 19.9 Å². The molecule has 0 atom stereocenters. The minimum absolute atomic E-state index is 0.0945. The third-order valence-corrected chi connectivity index (χ3v) is 4.56. The first-order valence-corrected chi connectivity index (χ1v) is 8.17. The predicted octanol–water partition coefficient (Wildman–Crippen LogP) is 3.33. The van der Waals surface area contributed by atoms with Crippen LogP contribution in [0.2, 0.25) is 0 Å². The molecule has 1 heterocycles. The second-order valence-corrected chi connectivity index (χ2v) is 6.50. The number of rotatable bonds is 3. The van der Waals surface area contributed by atoms with Crippen LogP contribution in [0.5, 0.6) is 23.0 Å². The second-order valence-electron chi connectivity index (χ2n) is 6.50. The molecule has 0 amide bonds. The van der Waals surface area contributed by atoms with Gasteiger partial charge in [-0.1, -0.05) is 11.6 Å². The number of nitrogens with zero attached hydrogens (tertiary/aromatic N) is 1. The zero-order chi connectivity index (χ0) is 19.2. The molecule has 6 heteroatoms. The first-order valence-electron chi connectivity index (χ1n) is 8.17. The number of methoxy groups -OCH3 is 1. The van der Waals surface area contributed by atoms with Gasteiger partial charge in [-0.25, -0.2) is 0 Å². The van der Waals surface area contributed by atoms with E-state index in [1.165, 1.54) is 25.3 Å². The van der Waals surface area contributed by atoms with Gasteiger partial charge in [-0.3, -0.25) is 4.79 Å². The Morgan fingerprint density at radius 1 is 1.19 bits per heavy atom. The predicted molar refractivity (Wildman–Crippen MR) is 101 cm³/mol. The SMILES string of the molecule is COc1c(O)ccc2c(=O)c3c(O)c(CC=C(C)C)c(O)cc3n(C)c12. The number of fused-ring (bicyclic) bond motifs is 2. The van der Waals surface area contributed by atoms with E-state index in [2.05, 4.69) is 0 Å². The number of aryl methyl sites for hydroxylation is 1. The Labute approximate surface area is 150 Å². The molecular weight excluding hydrogens is 334 g/mol. The zero-order valence-electron chi connectivity index (χ0n) is 15.1. The zero-order valence-corrected chi connectivity index (χ0v) is 15.1. The smallest absolute Gasteiger partial charge is 0.201 e. The van der Waals surface area contributed by atoms with E-state index in [0.717, 1.165) is 5.57 Å². The van der Waals surface area contributed by atoms with Crippen LogP contribution in [-0.2, 0) is 13.5 Å². The molecule has 0 bridgehead atoms. The quantitative estimate of drug-likeness (QED) is 0.495. The van der Waals surface area contributed by atoms with Crippen LogP contribution < -0.4 is 10.2 Å². The van der Waals surface area contributed by atoms with Gasteiger partial charge in [0.1, 0.15) is 11.5 Å². The third kappa shape index (κ3) is 2.54. The summed E-state index contributed by atoms with van der Waals surface area (Å²) in [6, 6.07) is 4.33. The summed E-state index contributed by atoms with van der Waals surface area (Å²) in [5, 5.41) is 31.6. The maximum Gasteiger partial charge on any atom is 0.201 e. The van der Waals surface area contributed by atoms with E-state index in [9.17, 15) is 20.1 Å². The Morgan fingerprint density at radius 2 is 1.88 bits per heavy atom. The van der Waals surface area contributed by atoms with Crippen molar-refractivity contribution in [2.75, 3.05) is 7.11 Å². The summed E-state index contributed by atoms with van der Waals surface area (Å²) in [5.41, 5.74) is 1.70. The van der Waals surface area contributed by atoms with Crippen LogP contribution in [0.15, 0.2) is 34.6 Å². The van der Waals surface area contributed by atoms with Crippen molar-refractivity contribution in [1.82, 2.24) is 4.57 Å². The number of hydrogen-bond acceptors (Lipinski definition) is 5. The summed E-state index contributed by atoms with van der Waals surface area (Å²) in [7, 11) is 3.08. The van der Waals surface area contributed by atoms with E-state index in [1.54, 1.807) is 11.6 Å². The average molecular weight is 355 g/mol. The highest BCUT2D eigenvalue weighted by Crippen LogP contribution is 2.39. The fourth-order valence-electron chi connectivity index (χ4n) is 3.21. The van der Waals surface area contributed by atoms with Crippen LogP contribution in [0.4, 0.5) is 0 Å². The van der Waals surface area contributed by atoms with Gasteiger partial charge in [-0.2, -0.15) is 0 Å². The summed E-state index contributed by atoms with van der Waals surface area (Å²) in [5.74, 6) is -0.257. The molecule has 0 aliphatic carbocycles. The van der Waals surface area contributed by atoms with Crippen molar-refractivity contribution in [3.8, 4) is 23.0 Å². The maximum atomic E-state index is 13.0. The van der Waals surface area contributed by atoms with Crippen molar-refractivity contribution >= 4 is 21.8 Å². The minimum atomic E-state index is -0.387. The van der Waals surface area contributed by atoms with Gasteiger partial charge in [0.25, 0.3) is 0 Å². The van der Waals surface area contributed by atoms with Gasteiger partial charge >= 0.3 is 0 Å². The Morgan fingerprint density at radius 3 is 2.50 bits per heavy atom. The summed E-state index contributed by atoms with van der Waals surface area (Å²) >= 11 is 0. The van der Waals surface area contributed by atoms with Gasteiger partial charge in [0, 0.05) is 18.7 Å². The van der Waals surface area contributed by atoms with Crippen LogP contribution in [0.3, 0.4) is 0 Å². The van der Waals surface area contributed by atoms with Crippen molar-refractivity contribution in [3.63, 3.8) is 0 Å². The highest BCUT2D eigenvalue weighted by atomic mass is 16.5. The normalized spacial score (nSPS) is 11.1. The van der Waals surface area contributed by atoms with Gasteiger partial charge in [0.05, 0.1) is 28.9 Å². The average Bonchev–Trinajstić information content (AvgIpc) is 2.58. The molecule has 136 valence electrons. The van der Waals surface area contributed by atoms with Gasteiger partial charge in [0.2, 0.25) is 5.43 Å². The molecule has 0 unspecified atom stereocenters. The topological polar surface area (TPSA) is 91.9 Å². The van der Waals surface area contributed by atoms with Crippen LogP contribution >= 0.6 is 0 Å². The molecule has 0 radical (unpaired) electrons. The number of aromatic hydroxyl groups is 3. The number of phenols is 3. The summed E-state index contributed by atoms with van der Waals surface area (Å²) in [6.07, 6.45) is 2.18. The van der Waals surface area contributed by atoms with Gasteiger partial charge < -0.3 is 24.6 Å². The molecule has 0 saturated carbocycles. The van der Waals surface area contributed by atoms with Crippen molar-refractivity contribution in [3.05, 3.63) is 45.6 Å². The largest absolute Gasteiger partial charge is 0.507 e. The van der Waals surface area contributed by atoms with Crippen molar-refractivity contribution in [1.29, 1.82) is 0 Å². The molecule has 1 aromatic heterocycles. The van der Waals surface area contributed by atoms with Crippen molar-refractivity contribution in [2.45, 2.75) is 20.3 Å². The van der Waals surface area contributed by atoms with Crippen LogP contribution in [0.25, 0.3) is 21.8 Å². The molecule has 3 aromatic rings. The number of ether oxygens (including phenoxy) is 1. The van der Waals surface area contributed by atoms with Gasteiger partial charge in [-0.15, -0.1) is 0 Å². The van der Waals surface area contributed by atoms with Crippen LogP contribution in [-0.4, -0.2) is 27.0 Å². The van der Waals surface area contributed by atoms with E-state index in [0.29, 0.717) is 28.4 Å². The minimum Gasteiger partial charge on any atom is -0.507 e. The highest BCUT2D eigenvalue weighted by Gasteiger charge is 2.21. The lowest BCUT2D eigenvalue weighted by Crippen LogP contribution is -2.11. The lowest BCUT2D eigenvalue weighted by atomic mass is 10.0. The molecule has 3 rings (SSSR count). The van der Waals surface area contributed by atoms with Crippen molar-refractivity contribution in [2.24, 2.45) is 7.05 Å². The number of pyridine rings is 1. The molecule has 2 aromatic carbocycles. The molecule has 0 aliphatic rings. The fourth-order valence-corrected chi connectivity index (χ4v) is 3.21. The number of phenolic OH excluding ortho intramolecular Hbond substituents is 3. The molecule has 0 spiro atoms. The number of allylic oxidation sites excluding steroid dienone is 2. The van der Waals surface area contributed by atoms with Crippen molar-refractivity contribution < 1.29 is 20.1 Å².